The highest BCUT2D eigenvalue weighted by Gasteiger charge is 2.04. The van der Waals surface area contributed by atoms with Crippen LogP contribution in [-0.4, -0.2) is 34.1 Å². The van der Waals surface area contributed by atoms with Crippen molar-refractivity contribution in [1.82, 2.24) is 12.3 Å². The quantitative estimate of drug-likeness (QED) is 0.320. The zero-order valence-electron chi connectivity index (χ0n) is 10.2. The third-order valence-corrected chi connectivity index (χ3v) is 1.19. The van der Waals surface area contributed by atoms with Gasteiger partial charge in [-0.15, -0.1) is 0 Å². The summed E-state index contributed by atoms with van der Waals surface area (Å²) in [5.74, 6) is -5.93. The Morgan fingerprint density at radius 2 is 0.944 bits per heavy atom. The highest BCUT2D eigenvalue weighted by Crippen LogP contribution is 1.96. The fourth-order valence-corrected chi connectivity index (χ4v) is 0.539. The molecule has 10 heteroatoms. The molecule has 0 atom stereocenters. The molecule has 0 amide bonds. The summed E-state index contributed by atoms with van der Waals surface area (Å²) in [7, 11) is 0. The van der Waals surface area contributed by atoms with E-state index in [-0.39, 0.29) is 25.1 Å². The molecule has 0 bridgehead atoms. The van der Waals surface area contributed by atoms with Gasteiger partial charge in [0.25, 0.3) is 0 Å². The largest absolute Gasteiger partial charge is 0.550 e. The number of carbonyl (C=O) groups is 4. The second kappa shape index (κ2) is 14.8. The van der Waals surface area contributed by atoms with Crippen LogP contribution in [0.2, 0.25) is 0 Å². The molecule has 0 heterocycles. The van der Waals surface area contributed by atoms with Crippen LogP contribution < -0.4 is 22.5 Å². The van der Waals surface area contributed by atoms with Crippen LogP contribution in [0, 0.1) is 0 Å². The van der Waals surface area contributed by atoms with E-state index >= 15 is 0 Å². The van der Waals surface area contributed by atoms with E-state index in [2.05, 4.69) is 0 Å². The fourth-order valence-electron chi connectivity index (χ4n) is 0.539. The van der Waals surface area contributed by atoms with Gasteiger partial charge in [0.1, 0.15) is 0 Å². The number of rotatable bonds is 5. The highest BCUT2D eigenvalue weighted by atomic mass is 16.4. The van der Waals surface area contributed by atoms with Crippen LogP contribution in [0.1, 0.15) is 25.7 Å². The second-order valence-electron chi connectivity index (χ2n) is 2.56. The van der Waals surface area contributed by atoms with E-state index in [4.69, 9.17) is 19.8 Å². The molecular weight excluding hydrogens is 252 g/mol. The smallest absolute Gasteiger partial charge is 0.414 e. The molecule has 0 fully saturated rings. The average Bonchev–Trinajstić information content (AvgIpc) is 2.12. The Labute approximate surface area is 102 Å². The monoisotopic (exact) mass is 270 g/mol. The molecule has 18 heavy (non-hydrogen) atoms. The van der Waals surface area contributed by atoms with E-state index in [1.807, 2.05) is 0 Å². The van der Waals surface area contributed by atoms with Gasteiger partial charge in [0.2, 0.25) is 0 Å². The summed E-state index contributed by atoms with van der Waals surface area (Å²) in [6.45, 7) is 0. The van der Waals surface area contributed by atoms with Crippen molar-refractivity contribution in [2.45, 2.75) is 25.7 Å². The van der Waals surface area contributed by atoms with Gasteiger partial charge in [-0.05, 0) is 25.7 Å². The van der Waals surface area contributed by atoms with E-state index in [0.717, 1.165) is 0 Å². The lowest BCUT2D eigenvalue weighted by molar-refractivity contribution is -0.308. The summed E-state index contributed by atoms with van der Waals surface area (Å²) in [6.07, 6.45) is 0.535. The molecule has 0 aliphatic heterocycles. The standard InChI is InChI=1S/C6H10O4.C2H2O4.2H3N/c7-5(8)3-1-2-4-6(9)10;3-1(4)2(5)6;;/h1-4H2,(H,7,8)(H,9,10);(H,3,4)(H,5,6);2*1H3. The van der Waals surface area contributed by atoms with Gasteiger partial charge in [-0.3, -0.25) is 0 Å². The Morgan fingerprint density at radius 3 is 1.06 bits per heavy atom. The van der Waals surface area contributed by atoms with E-state index in [1.165, 1.54) is 0 Å². The highest BCUT2D eigenvalue weighted by molar-refractivity contribution is 6.27. The Balaban J connectivity index is -0.000000108. The summed E-state index contributed by atoms with van der Waals surface area (Å²) in [5, 5.41) is 34.3. The van der Waals surface area contributed by atoms with Gasteiger partial charge in [-0.1, -0.05) is 0 Å². The number of hydrogen-bond donors (Lipinski definition) is 4. The van der Waals surface area contributed by atoms with Gasteiger partial charge in [-0.2, -0.15) is 0 Å². The maximum absolute atomic E-state index is 9.77. The van der Waals surface area contributed by atoms with Crippen LogP contribution in [0.3, 0.4) is 0 Å². The summed E-state index contributed by atoms with van der Waals surface area (Å²) in [5.41, 5.74) is 0. The third kappa shape index (κ3) is 29.2. The zero-order valence-corrected chi connectivity index (χ0v) is 10.2. The summed E-state index contributed by atoms with van der Waals surface area (Å²) in [4.78, 5) is 37.7. The molecule has 0 aromatic rings. The van der Waals surface area contributed by atoms with Crippen LogP contribution >= 0.6 is 0 Å². The molecule has 0 saturated heterocycles. The number of aliphatic carboxylic acids is 4. The van der Waals surface area contributed by atoms with Gasteiger partial charge in [0, 0.05) is 11.9 Å². The van der Waals surface area contributed by atoms with Crippen molar-refractivity contribution in [3.05, 3.63) is 0 Å². The molecule has 0 saturated carbocycles. The van der Waals surface area contributed by atoms with Crippen molar-refractivity contribution < 1.29 is 39.6 Å². The molecule has 0 aliphatic carbocycles. The van der Waals surface area contributed by atoms with Gasteiger partial charge < -0.3 is 42.3 Å². The molecule has 0 spiro atoms. The number of unbranched alkanes of at least 4 members (excludes halogenated alkanes) is 1. The first-order valence-corrected chi connectivity index (χ1v) is 4.13. The van der Waals surface area contributed by atoms with Gasteiger partial charge >= 0.3 is 11.9 Å². The van der Waals surface area contributed by atoms with Gasteiger partial charge in [0.05, 0.1) is 0 Å². The van der Waals surface area contributed by atoms with Crippen molar-refractivity contribution >= 4 is 23.9 Å². The van der Waals surface area contributed by atoms with Crippen molar-refractivity contribution in [2.24, 2.45) is 0 Å². The SMILES string of the molecule is O=C(O)C(=O)O.O=C([O-])CCCCC(=O)[O-].[NH4+].[NH4+]. The number of carbonyl (C=O) groups excluding carboxylic acids is 2. The first-order valence-electron chi connectivity index (χ1n) is 4.13. The van der Waals surface area contributed by atoms with Crippen molar-refractivity contribution in [2.75, 3.05) is 0 Å². The molecule has 10 nitrogen and oxygen atoms in total. The van der Waals surface area contributed by atoms with Crippen LogP contribution in [-0.2, 0) is 19.2 Å². The zero-order chi connectivity index (χ0) is 13.1. The van der Waals surface area contributed by atoms with Crippen LogP contribution in [0.15, 0.2) is 0 Å². The molecule has 10 N–H and O–H groups in total. The minimum absolute atomic E-state index is 0. The summed E-state index contributed by atoms with van der Waals surface area (Å²) < 4.78 is 0. The lowest BCUT2D eigenvalue weighted by Crippen LogP contribution is -2.23. The van der Waals surface area contributed by atoms with Crippen molar-refractivity contribution in [3.63, 3.8) is 0 Å². The molecule has 0 rings (SSSR count). The number of quaternary nitrogens is 2. The minimum atomic E-state index is -1.82. The molecule has 0 aromatic heterocycles. The Bertz CT molecular complexity index is 250. The maximum atomic E-state index is 9.77. The average molecular weight is 270 g/mol. The molecule has 0 unspecified atom stereocenters. The number of hydrogen-bond acceptors (Lipinski definition) is 6. The molecule has 108 valence electrons. The Kier molecular flexibility index (Phi) is 20.4. The number of carboxylic acids is 4. The number of carboxylic acid groups (broad SMARTS) is 4. The van der Waals surface area contributed by atoms with E-state index in [1.54, 1.807) is 0 Å². The van der Waals surface area contributed by atoms with Crippen LogP contribution in [0.4, 0.5) is 0 Å². The van der Waals surface area contributed by atoms with E-state index < -0.39 is 23.9 Å². The molecule has 0 aromatic carbocycles. The van der Waals surface area contributed by atoms with E-state index in [9.17, 15) is 19.8 Å². The predicted molar refractivity (Wildman–Crippen MR) is 55.7 cm³/mol. The molecular formula is C8H18N2O8. The normalized spacial score (nSPS) is 7.56. The minimum Gasteiger partial charge on any atom is -0.550 e. The van der Waals surface area contributed by atoms with Crippen molar-refractivity contribution in [1.29, 1.82) is 0 Å². The van der Waals surface area contributed by atoms with Crippen LogP contribution in [0.5, 0.6) is 0 Å². The lowest BCUT2D eigenvalue weighted by atomic mass is 10.2. The van der Waals surface area contributed by atoms with Crippen molar-refractivity contribution in [3.8, 4) is 0 Å². The van der Waals surface area contributed by atoms with Gasteiger partial charge in [0.15, 0.2) is 0 Å². The first-order chi connectivity index (χ1) is 7.27. The predicted octanol–water partition coefficient (Wildman–Crippen LogP) is -2.05. The third-order valence-electron chi connectivity index (χ3n) is 1.19. The summed E-state index contributed by atoms with van der Waals surface area (Å²) >= 11 is 0. The Hall–Kier alpha value is -2.20. The molecule has 0 radical (unpaired) electrons. The Morgan fingerprint density at radius 1 is 0.722 bits per heavy atom. The van der Waals surface area contributed by atoms with E-state index in [0.29, 0.717) is 12.8 Å². The first kappa shape index (κ1) is 24.9. The fraction of sp³-hybridized carbons (Fsp3) is 0.500. The molecule has 0 aliphatic rings. The maximum Gasteiger partial charge on any atom is 0.414 e. The lowest BCUT2D eigenvalue weighted by Gasteiger charge is -2.01. The summed E-state index contributed by atoms with van der Waals surface area (Å²) in [6, 6.07) is 0. The van der Waals surface area contributed by atoms with Crippen LogP contribution in [0.25, 0.3) is 0 Å². The van der Waals surface area contributed by atoms with Gasteiger partial charge in [-0.25, -0.2) is 9.59 Å². The second-order valence-corrected chi connectivity index (χ2v) is 2.56. The topological polar surface area (TPSA) is 228 Å².